The van der Waals surface area contributed by atoms with Crippen LogP contribution in [0.3, 0.4) is 0 Å². The van der Waals surface area contributed by atoms with Crippen LogP contribution in [0.4, 0.5) is 0 Å². The van der Waals surface area contributed by atoms with E-state index < -0.39 is 0 Å². The lowest BCUT2D eigenvalue weighted by molar-refractivity contribution is 0.0724. The van der Waals surface area contributed by atoms with Gasteiger partial charge in [-0.25, -0.2) is 0 Å². The van der Waals surface area contributed by atoms with Crippen LogP contribution in [-0.2, 0) is 0 Å². The van der Waals surface area contributed by atoms with Gasteiger partial charge in [0.1, 0.15) is 0 Å². The van der Waals surface area contributed by atoms with Gasteiger partial charge in [0.15, 0.2) is 0 Å². The minimum Gasteiger partial charge on any atom is -0.326 e. The SMILES string of the molecule is CCCC1CCN(C2CC(CCC)CCC2N)CC1. The zero-order chi connectivity index (χ0) is 13.7. The summed E-state index contributed by atoms with van der Waals surface area (Å²) < 4.78 is 0. The molecule has 2 nitrogen and oxygen atoms in total. The molecule has 0 aromatic rings. The smallest absolute Gasteiger partial charge is 0.0249 e. The van der Waals surface area contributed by atoms with Crippen molar-refractivity contribution < 1.29 is 0 Å². The van der Waals surface area contributed by atoms with Gasteiger partial charge in [0.05, 0.1) is 0 Å². The van der Waals surface area contributed by atoms with Gasteiger partial charge in [-0.1, -0.05) is 39.5 Å². The molecule has 0 radical (unpaired) electrons. The standard InChI is InChI=1S/C17H34N2/c1-3-5-14-9-11-19(12-10-14)17-13-15(6-4-2)7-8-16(17)18/h14-17H,3-13,18H2,1-2H3. The van der Waals surface area contributed by atoms with Crippen molar-refractivity contribution >= 4 is 0 Å². The average Bonchev–Trinajstić information content (AvgIpc) is 2.43. The van der Waals surface area contributed by atoms with Crippen LogP contribution in [0.5, 0.6) is 0 Å². The van der Waals surface area contributed by atoms with E-state index in [0.29, 0.717) is 12.1 Å². The van der Waals surface area contributed by atoms with Crippen molar-refractivity contribution in [2.24, 2.45) is 17.6 Å². The topological polar surface area (TPSA) is 29.3 Å². The summed E-state index contributed by atoms with van der Waals surface area (Å²) in [6.07, 6.45) is 12.4. The first-order valence-corrected chi connectivity index (χ1v) is 8.74. The Kier molecular flexibility index (Phi) is 6.15. The fourth-order valence-electron chi connectivity index (χ4n) is 4.33. The van der Waals surface area contributed by atoms with Gasteiger partial charge in [-0.2, -0.15) is 0 Å². The third-order valence-corrected chi connectivity index (χ3v) is 5.49. The van der Waals surface area contributed by atoms with E-state index in [-0.39, 0.29) is 0 Å². The molecule has 19 heavy (non-hydrogen) atoms. The first kappa shape index (κ1) is 15.3. The first-order chi connectivity index (χ1) is 9.24. The van der Waals surface area contributed by atoms with E-state index in [1.807, 2.05) is 0 Å². The molecular weight excluding hydrogens is 232 g/mol. The molecule has 0 bridgehead atoms. The highest BCUT2D eigenvalue weighted by molar-refractivity contribution is 4.91. The molecule has 0 aromatic carbocycles. The third-order valence-electron chi connectivity index (χ3n) is 5.49. The lowest BCUT2D eigenvalue weighted by atomic mass is 9.79. The van der Waals surface area contributed by atoms with Crippen LogP contribution in [-0.4, -0.2) is 30.1 Å². The Bertz CT molecular complexity index is 246. The van der Waals surface area contributed by atoms with Crippen molar-refractivity contribution in [2.75, 3.05) is 13.1 Å². The van der Waals surface area contributed by atoms with E-state index in [1.54, 1.807) is 0 Å². The Labute approximate surface area is 120 Å². The fraction of sp³-hybridized carbons (Fsp3) is 1.00. The van der Waals surface area contributed by atoms with E-state index in [4.69, 9.17) is 5.73 Å². The monoisotopic (exact) mass is 266 g/mol. The maximum atomic E-state index is 6.42. The van der Waals surface area contributed by atoms with Crippen LogP contribution in [0.1, 0.15) is 71.6 Å². The van der Waals surface area contributed by atoms with Crippen LogP contribution < -0.4 is 5.73 Å². The molecule has 1 saturated heterocycles. The van der Waals surface area contributed by atoms with E-state index in [2.05, 4.69) is 18.7 Å². The van der Waals surface area contributed by atoms with Crippen molar-refractivity contribution in [3.05, 3.63) is 0 Å². The third kappa shape index (κ3) is 4.19. The zero-order valence-corrected chi connectivity index (χ0v) is 13.1. The second-order valence-electron chi connectivity index (χ2n) is 6.97. The molecule has 1 saturated carbocycles. The van der Waals surface area contributed by atoms with Crippen LogP contribution in [0.2, 0.25) is 0 Å². The van der Waals surface area contributed by atoms with Crippen LogP contribution in [0.15, 0.2) is 0 Å². The van der Waals surface area contributed by atoms with E-state index in [0.717, 1.165) is 11.8 Å². The molecule has 3 unspecified atom stereocenters. The Hall–Kier alpha value is -0.0800. The first-order valence-electron chi connectivity index (χ1n) is 8.74. The number of hydrogen-bond acceptors (Lipinski definition) is 2. The average molecular weight is 266 g/mol. The normalized spacial score (nSPS) is 34.6. The lowest BCUT2D eigenvalue weighted by Gasteiger charge is -2.44. The summed E-state index contributed by atoms with van der Waals surface area (Å²) in [7, 11) is 0. The second-order valence-corrected chi connectivity index (χ2v) is 6.97. The van der Waals surface area contributed by atoms with Gasteiger partial charge < -0.3 is 5.73 Å². The van der Waals surface area contributed by atoms with Gasteiger partial charge >= 0.3 is 0 Å². The highest BCUT2D eigenvalue weighted by Crippen LogP contribution is 2.32. The summed E-state index contributed by atoms with van der Waals surface area (Å²) in [6.45, 7) is 7.25. The summed E-state index contributed by atoms with van der Waals surface area (Å²) in [5.74, 6) is 1.94. The maximum Gasteiger partial charge on any atom is 0.0249 e. The van der Waals surface area contributed by atoms with Gasteiger partial charge in [0, 0.05) is 12.1 Å². The van der Waals surface area contributed by atoms with Crippen molar-refractivity contribution in [3.8, 4) is 0 Å². The number of nitrogens with two attached hydrogens (primary N) is 1. The van der Waals surface area contributed by atoms with Crippen LogP contribution in [0.25, 0.3) is 0 Å². The molecule has 0 aromatic heterocycles. The van der Waals surface area contributed by atoms with E-state index in [9.17, 15) is 0 Å². The Balaban J connectivity index is 1.82. The second kappa shape index (κ2) is 7.64. The molecule has 2 fully saturated rings. The molecule has 2 heteroatoms. The predicted octanol–water partition coefficient (Wildman–Crippen LogP) is 3.79. The summed E-state index contributed by atoms with van der Waals surface area (Å²) >= 11 is 0. The number of piperidine rings is 1. The lowest BCUT2D eigenvalue weighted by Crippen LogP contribution is -2.53. The van der Waals surface area contributed by atoms with Gasteiger partial charge in [0.25, 0.3) is 0 Å². The van der Waals surface area contributed by atoms with Gasteiger partial charge in [-0.05, 0) is 57.0 Å². The van der Waals surface area contributed by atoms with E-state index in [1.165, 1.54) is 70.9 Å². The summed E-state index contributed by atoms with van der Waals surface area (Å²) in [5, 5.41) is 0. The molecule has 2 N–H and O–H groups in total. The van der Waals surface area contributed by atoms with Crippen molar-refractivity contribution in [1.82, 2.24) is 4.90 Å². The summed E-state index contributed by atoms with van der Waals surface area (Å²) in [4.78, 5) is 2.73. The molecule has 0 spiro atoms. The van der Waals surface area contributed by atoms with Crippen LogP contribution in [0, 0.1) is 11.8 Å². The molecule has 1 heterocycles. The quantitative estimate of drug-likeness (QED) is 0.820. The van der Waals surface area contributed by atoms with Crippen LogP contribution >= 0.6 is 0 Å². The predicted molar refractivity (Wildman–Crippen MR) is 83.2 cm³/mol. The van der Waals surface area contributed by atoms with Crippen molar-refractivity contribution in [2.45, 2.75) is 83.7 Å². The molecule has 1 aliphatic carbocycles. The number of likely N-dealkylation sites (tertiary alicyclic amines) is 1. The number of nitrogens with zero attached hydrogens (tertiary/aromatic N) is 1. The van der Waals surface area contributed by atoms with Crippen molar-refractivity contribution in [1.29, 1.82) is 0 Å². The molecule has 0 amide bonds. The molecular formula is C17H34N2. The molecule has 2 rings (SSSR count). The Morgan fingerprint density at radius 3 is 2.16 bits per heavy atom. The summed E-state index contributed by atoms with van der Waals surface area (Å²) in [5.41, 5.74) is 6.42. The number of hydrogen-bond donors (Lipinski definition) is 1. The minimum absolute atomic E-state index is 0.441. The van der Waals surface area contributed by atoms with Crippen molar-refractivity contribution in [3.63, 3.8) is 0 Å². The molecule has 3 atom stereocenters. The summed E-state index contributed by atoms with van der Waals surface area (Å²) in [6, 6.07) is 1.13. The van der Waals surface area contributed by atoms with Gasteiger partial charge in [-0.15, -0.1) is 0 Å². The zero-order valence-electron chi connectivity index (χ0n) is 13.1. The largest absolute Gasteiger partial charge is 0.326 e. The van der Waals surface area contributed by atoms with Gasteiger partial charge in [-0.3, -0.25) is 4.90 Å². The Morgan fingerprint density at radius 1 is 0.895 bits per heavy atom. The maximum absolute atomic E-state index is 6.42. The van der Waals surface area contributed by atoms with Gasteiger partial charge in [0.2, 0.25) is 0 Å². The Morgan fingerprint density at radius 2 is 1.53 bits per heavy atom. The van der Waals surface area contributed by atoms with E-state index >= 15 is 0 Å². The minimum atomic E-state index is 0.441. The highest BCUT2D eigenvalue weighted by Gasteiger charge is 2.33. The fourth-order valence-corrected chi connectivity index (χ4v) is 4.33. The molecule has 2 aliphatic rings. The highest BCUT2D eigenvalue weighted by atomic mass is 15.2. The number of rotatable bonds is 5. The molecule has 1 aliphatic heterocycles. The molecule has 112 valence electrons.